The summed E-state index contributed by atoms with van der Waals surface area (Å²) in [5.74, 6) is -5.21. The van der Waals surface area contributed by atoms with Crippen molar-refractivity contribution in [1.29, 1.82) is 0 Å². The van der Waals surface area contributed by atoms with E-state index in [4.69, 9.17) is 9.84 Å². The topological polar surface area (TPSA) is 88.1 Å². The van der Waals surface area contributed by atoms with Crippen LogP contribution in [0.2, 0.25) is 0 Å². The Morgan fingerprint density at radius 2 is 1.91 bits per heavy atom. The standard InChI is InChI=1S/C23H18F3N3O3/c1-23(25,26)20-19(11-2-4-14(24)5-3-11)16-8-13-10-27-29-18(13)9-17(16)21(28-20)32-15-6-12(7-15)22(30)31/h2-5,8-10,12,15H,6-7H2,1H3,(H,27,29)(H,30,31)/t12-,15-. The molecule has 0 radical (unpaired) electrons. The van der Waals surface area contributed by atoms with Crippen molar-refractivity contribution in [3.8, 4) is 17.0 Å². The van der Waals surface area contributed by atoms with E-state index in [1.165, 1.54) is 24.3 Å². The van der Waals surface area contributed by atoms with Gasteiger partial charge in [-0.3, -0.25) is 9.89 Å². The second kappa shape index (κ2) is 7.22. The van der Waals surface area contributed by atoms with Gasteiger partial charge in [0.1, 0.15) is 17.6 Å². The van der Waals surface area contributed by atoms with Crippen LogP contribution in [0.5, 0.6) is 5.88 Å². The second-order valence-corrected chi connectivity index (χ2v) is 8.14. The monoisotopic (exact) mass is 441 g/mol. The predicted molar refractivity (Wildman–Crippen MR) is 111 cm³/mol. The molecule has 164 valence electrons. The number of fused-ring (bicyclic) bond motifs is 2. The van der Waals surface area contributed by atoms with Crippen LogP contribution in [0.15, 0.2) is 42.6 Å². The van der Waals surface area contributed by atoms with Crippen LogP contribution in [0, 0.1) is 11.7 Å². The van der Waals surface area contributed by atoms with Crippen LogP contribution in [-0.4, -0.2) is 32.4 Å². The van der Waals surface area contributed by atoms with Gasteiger partial charge in [-0.1, -0.05) is 12.1 Å². The van der Waals surface area contributed by atoms with Crippen molar-refractivity contribution in [3.05, 3.63) is 54.1 Å². The summed E-state index contributed by atoms with van der Waals surface area (Å²) in [6, 6.07) is 8.73. The molecule has 4 aromatic rings. The van der Waals surface area contributed by atoms with Crippen molar-refractivity contribution in [3.63, 3.8) is 0 Å². The van der Waals surface area contributed by atoms with E-state index in [2.05, 4.69) is 15.2 Å². The number of pyridine rings is 1. The predicted octanol–water partition coefficient (Wildman–Crippen LogP) is 5.27. The van der Waals surface area contributed by atoms with E-state index in [1.54, 1.807) is 18.3 Å². The molecule has 0 aliphatic heterocycles. The van der Waals surface area contributed by atoms with Crippen LogP contribution in [0.4, 0.5) is 13.2 Å². The summed E-state index contributed by atoms with van der Waals surface area (Å²) >= 11 is 0. The SMILES string of the molecule is CC(F)(F)c1nc(O[C@H]2C[C@H](C(=O)O)C2)c2cc3[nH]ncc3cc2c1-c1ccc(F)cc1. The summed E-state index contributed by atoms with van der Waals surface area (Å²) in [4.78, 5) is 15.3. The number of halogens is 3. The third kappa shape index (κ3) is 3.43. The molecule has 0 atom stereocenters. The molecule has 5 rings (SSSR count). The molecule has 0 amide bonds. The van der Waals surface area contributed by atoms with Gasteiger partial charge in [0.15, 0.2) is 0 Å². The molecular formula is C23H18F3N3O3. The van der Waals surface area contributed by atoms with Crippen molar-refractivity contribution in [2.75, 3.05) is 0 Å². The Hall–Kier alpha value is -3.62. The average molecular weight is 441 g/mol. The number of carboxylic acid groups (broad SMARTS) is 1. The Bertz CT molecular complexity index is 1340. The van der Waals surface area contributed by atoms with Gasteiger partial charge < -0.3 is 9.84 Å². The largest absolute Gasteiger partial charge is 0.481 e. The zero-order chi connectivity index (χ0) is 22.6. The lowest BCUT2D eigenvalue weighted by Crippen LogP contribution is -2.38. The summed E-state index contributed by atoms with van der Waals surface area (Å²) in [5.41, 5.74) is 0.746. The zero-order valence-corrected chi connectivity index (χ0v) is 16.9. The first-order chi connectivity index (χ1) is 15.2. The minimum absolute atomic E-state index is 0.00715. The van der Waals surface area contributed by atoms with E-state index in [0.29, 0.717) is 27.2 Å². The van der Waals surface area contributed by atoms with Gasteiger partial charge in [0, 0.05) is 23.3 Å². The second-order valence-electron chi connectivity index (χ2n) is 8.14. The van der Waals surface area contributed by atoms with Crippen molar-refractivity contribution in [2.24, 2.45) is 5.92 Å². The third-order valence-electron chi connectivity index (χ3n) is 5.80. The maximum absolute atomic E-state index is 14.8. The van der Waals surface area contributed by atoms with E-state index in [1.807, 2.05) is 0 Å². The highest BCUT2D eigenvalue weighted by Crippen LogP contribution is 2.44. The highest BCUT2D eigenvalue weighted by atomic mass is 19.3. The Morgan fingerprint density at radius 3 is 2.56 bits per heavy atom. The van der Waals surface area contributed by atoms with Gasteiger partial charge in [0.2, 0.25) is 5.88 Å². The normalized spacial score (nSPS) is 18.6. The van der Waals surface area contributed by atoms with Gasteiger partial charge in [-0.2, -0.15) is 13.9 Å². The number of nitrogens with one attached hydrogen (secondary N) is 1. The molecule has 0 bridgehead atoms. The highest BCUT2D eigenvalue weighted by Gasteiger charge is 2.38. The number of alkyl halides is 2. The maximum Gasteiger partial charge on any atom is 0.306 e. The number of ether oxygens (including phenoxy) is 1. The van der Waals surface area contributed by atoms with E-state index in [-0.39, 0.29) is 24.3 Å². The van der Waals surface area contributed by atoms with Crippen molar-refractivity contribution in [1.82, 2.24) is 15.2 Å². The lowest BCUT2D eigenvalue weighted by molar-refractivity contribution is -0.148. The van der Waals surface area contributed by atoms with Crippen LogP contribution in [0.25, 0.3) is 32.8 Å². The van der Waals surface area contributed by atoms with Gasteiger partial charge in [-0.05, 0) is 48.1 Å². The molecule has 32 heavy (non-hydrogen) atoms. The fourth-order valence-electron chi connectivity index (χ4n) is 4.06. The minimum Gasteiger partial charge on any atom is -0.481 e. The van der Waals surface area contributed by atoms with E-state index in [0.717, 1.165) is 6.92 Å². The number of nitrogens with zero attached hydrogens (tertiary/aromatic N) is 2. The van der Waals surface area contributed by atoms with Crippen molar-refractivity contribution >= 4 is 27.6 Å². The lowest BCUT2D eigenvalue weighted by Gasteiger charge is -2.32. The molecule has 1 fully saturated rings. The van der Waals surface area contributed by atoms with E-state index in [9.17, 15) is 18.0 Å². The molecule has 2 aromatic heterocycles. The smallest absolute Gasteiger partial charge is 0.306 e. The first kappa shape index (κ1) is 20.3. The number of benzene rings is 2. The minimum atomic E-state index is -3.31. The van der Waals surface area contributed by atoms with Crippen LogP contribution in [0.3, 0.4) is 0 Å². The molecule has 1 aliphatic carbocycles. The molecule has 6 nitrogen and oxygen atoms in total. The molecule has 1 saturated carbocycles. The van der Waals surface area contributed by atoms with Crippen LogP contribution < -0.4 is 4.74 Å². The van der Waals surface area contributed by atoms with Gasteiger partial charge in [-0.25, -0.2) is 9.37 Å². The summed E-state index contributed by atoms with van der Waals surface area (Å²) < 4.78 is 48.9. The molecule has 2 N–H and O–H groups in total. The first-order valence-electron chi connectivity index (χ1n) is 10.0. The van der Waals surface area contributed by atoms with Gasteiger partial charge >= 0.3 is 5.97 Å². The van der Waals surface area contributed by atoms with E-state index < -0.39 is 35.4 Å². The van der Waals surface area contributed by atoms with Crippen molar-refractivity contribution in [2.45, 2.75) is 31.8 Å². The van der Waals surface area contributed by atoms with Gasteiger partial charge in [-0.15, -0.1) is 0 Å². The number of aromatic nitrogens is 3. The maximum atomic E-state index is 14.8. The zero-order valence-electron chi connectivity index (χ0n) is 16.9. The molecule has 1 aliphatic rings. The number of hydrogen-bond donors (Lipinski definition) is 2. The Labute approximate surface area is 180 Å². The van der Waals surface area contributed by atoms with Crippen LogP contribution in [0.1, 0.15) is 25.5 Å². The highest BCUT2D eigenvalue weighted by molar-refractivity contribution is 6.06. The number of carboxylic acids is 1. The Morgan fingerprint density at radius 1 is 1.19 bits per heavy atom. The summed E-state index contributed by atoms with van der Waals surface area (Å²) in [5, 5.41) is 17.6. The quantitative estimate of drug-likeness (QED) is 0.441. The molecular weight excluding hydrogens is 423 g/mol. The summed E-state index contributed by atoms with van der Waals surface area (Å²) in [7, 11) is 0. The summed E-state index contributed by atoms with van der Waals surface area (Å²) in [6.07, 6.45) is 1.71. The number of H-pyrrole nitrogens is 1. The fraction of sp³-hybridized carbons (Fsp3) is 0.261. The fourth-order valence-corrected chi connectivity index (χ4v) is 4.06. The van der Waals surface area contributed by atoms with E-state index >= 15 is 0 Å². The third-order valence-corrected chi connectivity index (χ3v) is 5.80. The molecule has 0 spiro atoms. The van der Waals surface area contributed by atoms with Gasteiger partial charge in [0.25, 0.3) is 5.92 Å². The number of hydrogen-bond acceptors (Lipinski definition) is 4. The number of rotatable bonds is 5. The number of carbonyl (C=O) groups is 1. The number of aliphatic carboxylic acids is 1. The lowest BCUT2D eigenvalue weighted by atomic mass is 9.82. The molecule has 0 saturated heterocycles. The molecule has 2 heterocycles. The van der Waals surface area contributed by atoms with Crippen molar-refractivity contribution < 1.29 is 27.8 Å². The van der Waals surface area contributed by atoms with Gasteiger partial charge in [0.05, 0.1) is 17.6 Å². The molecule has 2 aromatic carbocycles. The Balaban J connectivity index is 1.74. The average Bonchev–Trinajstić information content (AvgIpc) is 3.15. The Kier molecular flexibility index (Phi) is 4.58. The van der Waals surface area contributed by atoms with Crippen LogP contribution in [-0.2, 0) is 10.7 Å². The molecule has 9 heteroatoms. The number of aromatic amines is 1. The first-order valence-corrected chi connectivity index (χ1v) is 10.0. The van der Waals surface area contributed by atoms with Crippen LogP contribution >= 0.6 is 0 Å². The molecule has 0 unspecified atom stereocenters. The summed E-state index contributed by atoms with van der Waals surface area (Å²) in [6.45, 7) is 0.748.